The third kappa shape index (κ3) is 3.02. The van der Waals surface area contributed by atoms with Crippen molar-refractivity contribution in [3.63, 3.8) is 0 Å². The van der Waals surface area contributed by atoms with E-state index in [0.29, 0.717) is 13.0 Å². The Kier molecular flexibility index (Phi) is 4.20. The summed E-state index contributed by atoms with van der Waals surface area (Å²) in [6.07, 6.45) is 0.0534. The first-order valence-corrected chi connectivity index (χ1v) is 8.99. The first kappa shape index (κ1) is 15.5. The Bertz CT molecular complexity index is 647. The van der Waals surface area contributed by atoms with Crippen LogP contribution >= 0.6 is 0 Å². The lowest BCUT2D eigenvalue weighted by Gasteiger charge is -2.31. The van der Waals surface area contributed by atoms with Crippen LogP contribution in [0.15, 0.2) is 30.3 Å². The molecule has 2 aliphatic rings. The minimum atomic E-state index is -3.40. The van der Waals surface area contributed by atoms with Gasteiger partial charge in [-0.3, -0.25) is 4.79 Å². The average Bonchev–Trinajstić information content (AvgIpc) is 2.81. The van der Waals surface area contributed by atoms with Crippen molar-refractivity contribution in [1.82, 2.24) is 9.62 Å². The van der Waals surface area contributed by atoms with E-state index in [1.165, 1.54) is 4.31 Å². The predicted octanol–water partition coefficient (Wildman–Crippen LogP) is 0.352. The first-order valence-electron chi connectivity index (χ1n) is 7.38. The van der Waals surface area contributed by atoms with Crippen LogP contribution < -0.4 is 5.32 Å². The Morgan fingerprint density at radius 1 is 1.32 bits per heavy atom. The molecule has 1 N–H and O–H groups in total. The molecule has 1 aromatic rings. The van der Waals surface area contributed by atoms with Gasteiger partial charge in [-0.15, -0.1) is 0 Å². The third-order valence-corrected chi connectivity index (χ3v) is 6.08. The maximum absolute atomic E-state index is 12.6. The number of benzene rings is 1. The van der Waals surface area contributed by atoms with Crippen molar-refractivity contribution in [3.05, 3.63) is 35.9 Å². The van der Waals surface area contributed by atoms with Gasteiger partial charge >= 0.3 is 0 Å². The van der Waals surface area contributed by atoms with Crippen LogP contribution in [0.5, 0.6) is 0 Å². The van der Waals surface area contributed by atoms with Gasteiger partial charge < -0.3 is 10.1 Å². The number of hydrogen-bond acceptors (Lipinski definition) is 4. The van der Waals surface area contributed by atoms with Gasteiger partial charge in [-0.05, 0) is 12.0 Å². The van der Waals surface area contributed by atoms with E-state index in [1.54, 1.807) is 19.2 Å². The summed E-state index contributed by atoms with van der Waals surface area (Å²) in [6, 6.07) is 9.13. The van der Waals surface area contributed by atoms with Gasteiger partial charge in [0.05, 0.1) is 23.9 Å². The van der Waals surface area contributed by atoms with Crippen LogP contribution in [0, 0.1) is 5.92 Å². The number of nitrogens with zero attached hydrogens (tertiary/aromatic N) is 1. The highest BCUT2D eigenvalue weighted by molar-refractivity contribution is 7.88. The summed E-state index contributed by atoms with van der Waals surface area (Å²) in [6.45, 7) is 0.586. The second-order valence-electron chi connectivity index (χ2n) is 5.81. The number of carbonyl (C=O) groups is 1. The van der Waals surface area contributed by atoms with Crippen LogP contribution in [0.2, 0.25) is 0 Å². The largest absolute Gasteiger partial charge is 0.371 e. The molecule has 2 aliphatic heterocycles. The van der Waals surface area contributed by atoms with Gasteiger partial charge in [0.15, 0.2) is 0 Å². The van der Waals surface area contributed by atoms with Crippen LogP contribution in [-0.4, -0.2) is 51.0 Å². The number of rotatable bonds is 4. The lowest BCUT2D eigenvalue weighted by Crippen LogP contribution is -2.48. The third-order valence-electron chi connectivity index (χ3n) is 4.29. The van der Waals surface area contributed by atoms with Crippen LogP contribution in [-0.2, 0) is 25.3 Å². The number of nitrogens with one attached hydrogen (secondary N) is 1. The maximum atomic E-state index is 12.6. The summed E-state index contributed by atoms with van der Waals surface area (Å²) < 4.78 is 32.4. The Hall–Kier alpha value is -1.44. The molecule has 1 aromatic carbocycles. The number of fused-ring (bicyclic) bond motifs is 2. The summed E-state index contributed by atoms with van der Waals surface area (Å²) >= 11 is 0. The normalized spacial score (nSPS) is 28.5. The van der Waals surface area contributed by atoms with Gasteiger partial charge in [-0.2, -0.15) is 4.31 Å². The van der Waals surface area contributed by atoms with Crippen LogP contribution in [0.1, 0.15) is 12.0 Å². The fourth-order valence-corrected chi connectivity index (χ4v) is 4.75. The minimum Gasteiger partial charge on any atom is -0.371 e. The SMILES string of the molecule is CNC(=O)[C@@H]1C[C@H]2CN(S(=O)(=O)Cc3ccccc3)C[C@@H]1O2. The zero-order valence-electron chi connectivity index (χ0n) is 12.4. The fraction of sp³-hybridized carbons (Fsp3) is 0.533. The predicted molar refractivity (Wildman–Crippen MR) is 81.5 cm³/mol. The zero-order valence-corrected chi connectivity index (χ0v) is 13.3. The number of ether oxygens (including phenoxy) is 1. The molecule has 120 valence electrons. The summed E-state index contributed by atoms with van der Waals surface area (Å²) in [5.74, 6) is -0.348. The van der Waals surface area contributed by atoms with E-state index in [1.807, 2.05) is 18.2 Å². The molecule has 2 fully saturated rings. The van der Waals surface area contributed by atoms with Crippen molar-refractivity contribution >= 4 is 15.9 Å². The molecule has 2 saturated heterocycles. The van der Waals surface area contributed by atoms with Crippen molar-refractivity contribution in [2.24, 2.45) is 5.92 Å². The van der Waals surface area contributed by atoms with Crippen LogP contribution in [0.25, 0.3) is 0 Å². The molecular formula is C15H20N2O4S. The Balaban J connectivity index is 1.73. The molecule has 2 bridgehead atoms. The van der Waals surface area contributed by atoms with Gasteiger partial charge in [0.25, 0.3) is 0 Å². The number of amides is 1. The monoisotopic (exact) mass is 324 g/mol. The molecule has 1 amide bonds. The molecule has 6 nitrogen and oxygen atoms in total. The second-order valence-corrected chi connectivity index (χ2v) is 7.78. The van der Waals surface area contributed by atoms with Crippen molar-refractivity contribution < 1.29 is 17.9 Å². The molecule has 22 heavy (non-hydrogen) atoms. The number of sulfonamides is 1. The quantitative estimate of drug-likeness (QED) is 0.867. The molecular weight excluding hydrogens is 304 g/mol. The molecule has 0 unspecified atom stereocenters. The van der Waals surface area contributed by atoms with E-state index >= 15 is 0 Å². The lowest BCUT2D eigenvalue weighted by molar-refractivity contribution is -0.126. The highest BCUT2D eigenvalue weighted by Gasteiger charge is 2.46. The van der Waals surface area contributed by atoms with Gasteiger partial charge in [0.2, 0.25) is 15.9 Å². The van der Waals surface area contributed by atoms with Crippen molar-refractivity contribution in [1.29, 1.82) is 0 Å². The van der Waals surface area contributed by atoms with Crippen molar-refractivity contribution in [2.45, 2.75) is 24.4 Å². The van der Waals surface area contributed by atoms with Gasteiger partial charge in [0, 0.05) is 20.1 Å². The number of hydrogen-bond donors (Lipinski definition) is 1. The molecule has 0 aromatic heterocycles. The number of carbonyl (C=O) groups excluding carboxylic acids is 1. The van der Waals surface area contributed by atoms with E-state index in [2.05, 4.69) is 5.32 Å². The Morgan fingerprint density at radius 3 is 2.73 bits per heavy atom. The lowest BCUT2D eigenvalue weighted by atomic mass is 10.00. The van der Waals surface area contributed by atoms with Crippen LogP contribution in [0.3, 0.4) is 0 Å². The van der Waals surface area contributed by atoms with Crippen molar-refractivity contribution in [3.8, 4) is 0 Å². The van der Waals surface area contributed by atoms with Gasteiger partial charge in [-0.1, -0.05) is 30.3 Å². The zero-order chi connectivity index (χ0) is 15.7. The van der Waals surface area contributed by atoms with Gasteiger partial charge in [-0.25, -0.2) is 8.42 Å². The smallest absolute Gasteiger partial charge is 0.225 e. The van der Waals surface area contributed by atoms with E-state index in [0.717, 1.165) is 5.56 Å². The summed E-state index contributed by atoms with van der Waals surface area (Å²) in [5, 5.41) is 2.63. The minimum absolute atomic E-state index is 0.0160. The topological polar surface area (TPSA) is 75.7 Å². The maximum Gasteiger partial charge on any atom is 0.225 e. The summed E-state index contributed by atoms with van der Waals surface area (Å²) in [7, 11) is -1.80. The van der Waals surface area contributed by atoms with E-state index in [-0.39, 0.29) is 36.3 Å². The summed E-state index contributed by atoms with van der Waals surface area (Å²) in [5.41, 5.74) is 0.768. The molecule has 2 heterocycles. The molecule has 3 rings (SSSR count). The highest BCUT2D eigenvalue weighted by Crippen LogP contribution is 2.33. The standard InChI is InChI=1S/C15H20N2O4S/c1-16-15(18)13-7-12-8-17(9-14(13)21-12)22(19,20)10-11-5-3-2-4-6-11/h2-6,12-14H,7-10H2,1H3,(H,16,18)/t12-,13+,14-/m0/s1. The molecule has 0 radical (unpaired) electrons. The average molecular weight is 324 g/mol. The Labute approximate surface area is 130 Å². The fourth-order valence-electron chi connectivity index (χ4n) is 3.19. The molecule has 3 atom stereocenters. The molecule has 0 spiro atoms. The highest BCUT2D eigenvalue weighted by atomic mass is 32.2. The van der Waals surface area contributed by atoms with E-state index in [4.69, 9.17) is 4.74 Å². The Morgan fingerprint density at radius 2 is 2.05 bits per heavy atom. The van der Waals surface area contributed by atoms with Crippen molar-refractivity contribution in [2.75, 3.05) is 20.1 Å². The number of morpholine rings is 1. The second kappa shape index (κ2) is 5.98. The van der Waals surface area contributed by atoms with E-state index in [9.17, 15) is 13.2 Å². The first-order chi connectivity index (χ1) is 10.5. The van der Waals surface area contributed by atoms with Crippen LogP contribution in [0.4, 0.5) is 0 Å². The van der Waals surface area contributed by atoms with E-state index < -0.39 is 10.0 Å². The molecule has 0 saturated carbocycles. The molecule has 7 heteroatoms. The summed E-state index contributed by atoms with van der Waals surface area (Å²) in [4.78, 5) is 11.8. The molecule has 0 aliphatic carbocycles. The van der Waals surface area contributed by atoms with Gasteiger partial charge in [0.1, 0.15) is 0 Å².